The quantitative estimate of drug-likeness (QED) is 0.342. The molecule has 196 valence electrons. The van der Waals surface area contributed by atoms with Crippen molar-refractivity contribution in [3.05, 3.63) is 109 Å². The van der Waals surface area contributed by atoms with Gasteiger partial charge < -0.3 is 5.73 Å². The van der Waals surface area contributed by atoms with Gasteiger partial charge in [-0.2, -0.15) is 0 Å². The zero-order valence-electron chi connectivity index (χ0n) is 19.5. The van der Waals surface area contributed by atoms with Gasteiger partial charge in [-0.3, -0.25) is 24.3 Å². The van der Waals surface area contributed by atoms with E-state index in [4.69, 9.17) is 28.9 Å². The second-order valence-corrected chi connectivity index (χ2v) is 10.9. The van der Waals surface area contributed by atoms with E-state index in [1.807, 2.05) is 0 Å². The number of halogens is 2. The first kappa shape index (κ1) is 27.3. The number of amides is 2. The van der Waals surface area contributed by atoms with Crippen LogP contribution < -0.4 is 22.3 Å². The summed E-state index contributed by atoms with van der Waals surface area (Å²) >= 11 is 11.9. The van der Waals surface area contributed by atoms with Gasteiger partial charge in [0.25, 0.3) is 15.6 Å². The Kier molecular flexibility index (Phi) is 7.83. The lowest BCUT2D eigenvalue weighted by molar-refractivity contribution is -0.131. The molecule has 0 aliphatic carbocycles. The van der Waals surface area contributed by atoms with Crippen LogP contribution in [0.5, 0.6) is 0 Å². The maximum atomic E-state index is 13.4. The highest BCUT2D eigenvalue weighted by Crippen LogP contribution is 2.19. The summed E-state index contributed by atoms with van der Waals surface area (Å²) in [7, 11) is -4.69. The van der Waals surface area contributed by atoms with E-state index in [2.05, 4.69) is 5.32 Å². The van der Waals surface area contributed by atoms with Gasteiger partial charge in [-0.25, -0.2) is 13.2 Å². The van der Waals surface area contributed by atoms with E-state index in [0.717, 1.165) is 22.3 Å². The maximum absolute atomic E-state index is 13.4. The number of nitrogens with two attached hydrogens (primary N) is 1. The molecule has 4 rings (SSSR count). The molecule has 0 unspecified atom stereocenters. The number of fused-ring (bicyclic) bond motifs is 1. The topological polar surface area (TPSA) is 150 Å². The van der Waals surface area contributed by atoms with Crippen molar-refractivity contribution in [2.45, 2.75) is 23.9 Å². The van der Waals surface area contributed by atoms with E-state index in [1.165, 1.54) is 30.3 Å². The number of imide groups is 1. The fraction of sp³-hybridized carbons (Fsp3) is 0.120. The molecule has 0 saturated carbocycles. The third-order valence-corrected chi connectivity index (χ3v) is 7.78. The predicted molar refractivity (Wildman–Crippen MR) is 143 cm³/mol. The average molecular weight is 575 g/mol. The number of carbonyl (C=O) groups excluding carboxylic acids is 2. The molecule has 0 spiro atoms. The minimum atomic E-state index is -4.69. The predicted octanol–water partition coefficient (Wildman–Crippen LogP) is 1.92. The number of carbonyl (C=O) groups is 2. The SMILES string of the molecule is N[C@@H](Cc1ccccc1)C(=O)NC(=O)Cn1c(=O)n(S(=O)(=O)c2ccc(Cl)cc2)c(=O)c2ccc(Cl)cc21. The third kappa shape index (κ3) is 5.55. The highest BCUT2D eigenvalue weighted by Gasteiger charge is 2.27. The molecule has 0 aliphatic heterocycles. The average Bonchev–Trinajstić information content (AvgIpc) is 2.87. The number of nitrogens with one attached hydrogen (secondary N) is 1. The van der Waals surface area contributed by atoms with Crippen LogP contribution >= 0.6 is 23.2 Å². The first-order valence-electron chi connectivity index (χ1n) is 11.1. The Hall–Kier alpha value is -3.77. The number of nitrogens with zero attached hydrogens (tertiary/aromatic N) is 2. The summed E-state index contributed by atoms with van der Waals surface area (Å²) in [4.78, 5) is 51.5. The lowest BCUT2D eigenvalue weighted by atomic mass is 10.1. The molecule has 38 heavy (non-hydrogen) atoms. The Labute approximate surface area is 226 Å². The molecule has 1 heterocycles. The molecule has 3 aromatic carbocycles. The van der Waals surface area contributed by atoms with Gasteiger partial charge >= 0.3 is 5.69 Å². The van der Waals surface area contributed by atoms with Crippen molar-refractivity contribution in [1.82, 2.24) is 13.9 Å². The van der Waals surface area contributed by atoms with Crippen molar-refractivity contribution in [1.29, 1.82) is 0 Å². The Morgan fingerprint density at radius 2 is 1.55 bits per heavy atom. The van der Waals surface area contributed by atoms with Gasteiger partial charge in [0, 0.05) is 10.0 Å². The van der Waals surface area contributed by atoms with E-state index in [-0.39, 0.29) is 36.2 Å². The summed E-state index contributed by atoms with van der Waals surface area (Å²) in [5.41, 5.74) is 4.15. The summed E-state index contributed by atoms with van der Waals surface area (Å²) < 4.78 is 27.4. The standard InChI is InChI=1S/C25H20Cl2N4O6S/c26-16-6-9-18(10-7-16)38(36,37)31-24(34)19-11-8-17(27)13-21(19)30(25(31)35)14-22(32)29-23(33)20(28)12-15-4-2-1-3-5-15/h1-11,13,20H,12,14,28H2,(H,29,32,33)/t20-/m0/s1. The molecule has 3 N–H and O–H groups in total. The normalized spacial score (nSPS) is 12.3. The summed E-state index contributed by atoms with van der Waals surface area (Å²) in [6, 6.07) is 16.5. The fourth-order valence-electron chi connectivity index (χ4n) is 3.77. The van der Waals surface area contributed by atoms with E-state index in [1.54, 1.807) is 30.3 Å². The van der Waals surface area contributed by atoms with Crippen LogP contribution in [0.3, 0.4) is 0 Å². The van der Waals surface area contributed by atoms with Crippen LogP contribution in [-0.4, -0.2) is 34.8 Å². The van der Waals surface area contributed by atoms with Gasteiger partial charge in [-0.15, -0.1) is 3.97 Å². The van der Waals surface area contributed by atoms with E-state index < -0.39 is 45.7 Å². The van der Waals surface area contributed by atoms with Gasteiger partial charge in [0.15, 0.2) is 0 Å². The monoisotopic (exact) mass is 574 g/mol. The van der Waals surface area contributed by atoms with Crippen LogP contribution in [0.2, 0.25) is 10.0 Å². The minimum Gasteiger partial charge on any atom is -0.320 e. The third-order valence-electron chi connectivity index (χ3n) is 5.62. The van der Waals surface area contributed by atoms with Crippen molar-refractivity contribution >= 4 is 55.9 Å². The second-order valence-electron chi connectivity index (χ2n) is 8.27. The zero-order chi connectivity index (χ0) is 27.6. The highest BCUT2D eigenvalue weighted by atomic mass is 35.5. The van der Waals surface area contributed by atoms with Crippen molar-refractivity contribution in [2.24, 2.45) is 5.73 Å². The van der Waals surface area contributed by atoms with Crippen molar-refractivity contribution in [3.63, 3.8) is 0 Å². The molecule has 0 aliphatic rings. The van der Waals surface area contributed by atoms with Gasteiger partial charge in [-0.1, -0.05) is 53.5 Å². The number of hydrogen-bond acceptors (Lipinski definition) is 7. The largest absolute Gasteiger partial charge is 0.346 e. The molecule has 0 fully saturated rings. The number of hydrogen-bond donors (Lipinski definition) is 2. The molecule has 13 heteroatoms. The lowest BCUT2D eigenvalue weighted by Gasteiger charge is -2.15. The summed E-state index contributed by atoms with van der Waals surface area (Å²) in [6.07, 6.45) is 0.155. The first-order chi connectivity index (χ1) is 18.0. The highest BCUT2D eigenvalue weighted by molar-refractivity contribution is 7.90. The zero-order valence-corrected chi connectivity index (χ0v) is 21.8. The summed E-state index contributed by atoms with van der Waals surface area (Å²) in [5, 5.41) is 2.30. The van der Waals surface area contributed by atoms with E-state index >= 15 is 0 Å². The van der Waals surface area contributed by atoms with Gasteiger partial charge in [0.1, 0.15) is 6.54 Å². The van der Waals surface area contributed by atoms with Crippen LogP contribution in [0.1, 0.15) is 5.56 Å². The molecule has 1 atom stereocenters. The molecule has 0 bridgehead atoms. The summed E-state index contributed by atoms with van der Waals surface area (Å²) in [5.74, 6) is -1.74. The van der Waals surface area contributed by atoms with Gasteiger partial charge in [0.2, 0.25) is 11.8 Å². The van der Waals surface area contributed by atoms with Crippen molar-refractivity contribution in [3.8, 4) is 0 Å². The van der Waals surface area contributed by atoms with Crippen LogP contribution in [-0.2, 0) is 32.6 Å². The van der Waals surface area contributed by atoms with E-state index in [0.29, 0.717) is 0 Å². The van der Waals surface area contributed by atoms with Crippen LogP contribution in [0.15, 0.2) is 87.3 Å². The van der Waals surface area contributed by atoms with Crippen molar-refractivity contribution in [2.75, 3.05) is 0 Å². The number of rotatable bonds is 7. The van der Waals surface area contributed by atoms with Crippen LogP contribution in [0.4, 0.5) is 0 Å². The fourth-order valence-corrected chi connectivity index (χ4v) is 5.37. The Bertz CT molecular complexity index is 1770. The Morgan fingerprint density at radius 3 is 2.21 bits per heavy atom. The van der Waals surface area contributed by atoms with Gasteiger partial charge in [-0.05, 0) is 54.4 Å². The van der Waals surface area contributed by atoms with Gasteiger partial charge in [0.05, 0.1) is 21.8 Å². The first-order valence-corrected chi connectivity index (χ1v) is 13.3. The number of aromatic nitrogens is 2. The molecule has 0 radical (unpaired) electrons. The Morgan fingerprint density at radius 1 is 0.921 bits per heavy atom. The molecular formula is C25H20Cl2N4O6S. The molecule has 2 amide bonds. The van der Waals surface area contributed by atoms with Crippen LogP contribution in [0, 0.1) is 0 Å². The minimum absolute atomic E-state index is 0.0583. The Balaban J connectivity index is 1.73. The second kappa shape index (κ2) is 10.9. The lowest BCUT2D eigenvalue weighted by Crippen LogP contribution is -2.48. The van der Waals surface area contributed by atoms with Crippen LogP contribution in [0.25, 0.3) is 10.9 Å². The molecule has 10 nitrogen and oxygen atoms in total. The van der Waals surface area contributed by atoms with E-state index in [9.17, 15) is 27.6 Å². The maximum Gasteiger partial charge on any atom is 0.346 e. The molecule has 0 saturated heterocycles. The molecular weight excluding hydrogens is 555 g/mol. The number of benzene rings is 3. The molecule has 1 aromatic heterocycles. The van der Waals surface area contributed by atoms with Crippen molar-refractivity contribution < 1.29 is 18.0 Å². The molecule has 4 aromatic rings. The summed E-state index contributed by atoms with van der Waals surface area (Å²) in [6.45, 7) is -0.796. The smallest absolute Gasteiger partial charge is 0.320 e.